The lowest BCUT2D eigenvalue weighted by Crippen LogP contribution is -2.71. The SMILES string of the molecule is CC(=O)O[C@H]1[C@@H](O)[C@H](O[C@H]2[C@H](OC(=O)[C@]34CCC(C)(C)C[C@H]3C3=CC[C@@H]5[C@@]6(C)C[C@H](O)[C@H](O[C@@H]7O[C@H](CO)[C@@H](O)[C@H](O[C@@H]8O[C@H](CO)[C@@H](O)[C@H](O)[C@H]8O)[C@H]7O)[C@@](C)(CO)[C@@H]6CC[C@@]5(C)[C@]3(C)C[C@H]4O)OC[C@H](O)[C@@H]2O)O[C@@H](C)[C@@H]1O[C@@H]1OC[C@@H](O)[C@H](O[C@@H]2OC[C@](O)(CO)[C@H]2O)[C@H]1O. The summed E-state index contributed by atoms with van der Waals surface area (Å²) in [7, 11) is 0. The molecule has 33 heteroatoms. The number of esters is 2. The fourth-order valence-corrected chi connectivity index (χ4v) is 19.2. The number of hydrogen-bond acceptors (Lipinski definition) is 33. The van der Waals surface area contributed by atoms with Gasteiger partial charge in [0.1, 0.15) is 109 Å². The lowest BCUT2D eigenvalue weighted by Gasteiger charge is -2.72. The zero-order valence-electron chi connectivity index (χ0n) is 56.3. The molecule has 33 nitrogen and oxygen atoms in total. The molecular formula is C65H104O33. The van der Waals surface area contributed by atoms with Gasteiger partial charge in [-0.25, -0.2) is 0 Å². The number of carbonyl (C=O) groups excluding carboxylic acids is 2. The van der Waals surface area contributed by atoms with Crippen molar-refractivity contribution >= 4 is 11.9 Å². The zero-order valence-corrected chi connectivity index (χ0v) is 56.3. The minimum Gasteiger partial charge on any atom is -0.457 e. The van der Waals surface area contributed by atoms with E-state index < -0.39 is 275 Å². The molecule has 0 bridgehead atoms. The Morgan fingerprint density at radius 3 is 1.78 bits per heavy atom. The minimum atomic E-state index is -2.11. The van der Waals surface area contributed by atoms with Crippen LogP contribution in [0.1, 0.15) is 107 Å². The molecule has 6 saturated heterocycles. The molecule has 10 fully saturated rings. The molecule has 11 aliphatic rings. The quantitative estimate of drug-likeness (QED) is 0.0366. The summed E-state index contributed by atoms with van der Waals surface area (Å²) < 4.78 is 76.7. The van der Waals surface area contributed by atoms with Crippen molar-refractivity contribution in [3.63, 3.8) is 0 Å². The third-order valence-electron chi connectivity index (χ3n) is 24.9. The third kappa shape index (κ3) is 12.9. The summed E-state index contributed by atoms with van der Waals surface area (Å²) in [6.07, 6.45) is -42.3. The Hall–Kier alpha value is -2.48. The van der Waals surface area contributed by atoms with E-state index in [4.69, 9.17) is 61.6 Å². The highest BCUT2D eigenvalue weighted by Crippen LogP contribution is 2.76. The van der Waals surface area contributed by atoms with Crippen molar-refractivity contribution in [2.75, 3.05) is 46.2 Å². The zero-order chi connectivity index (χ0) is 71.6. The fraction of sp³-hybridized carbons (Fsp3) is 0.938. The van der Waals surface area contributed by atoms with Crippen LogP contribution in [-0.4, -0.2) is 328 Å². The minimum absolute atomic E-state index is 0.0586. The summed E-state index contributed by atoms with van der Waals surface area (Å²) in [6.45, 7) is 10.0. The number of aliphatic hydroxyl groups is 18. The summed E-state index contributed by atoms with van der Waals surface area (Å²) in [5, 5.41) is 200. The van der Waals surface area contributed by atoms with Crippen LogP contribution in [0, 0.1) is 50.2 Å². The van der Waals surface area contributed by atoms with Crippen LogP contribution >= 0.6 is 0 Å². The van der Waals surface area contributed by atoms with Crippen molar-refractivity contribution in [3.8, 4) is 0 Å². The maximum Gasteiger partial charge on any atom is 0.317 e. The molecular weight excluding hydrogens is 1310 g/mol. The van der Waals surface area contributed by atoms with Gasteiger partial charge < -0.3 is 153 Å². The molecule has 0 aromatic rings. The lowest BCUT2D eigenvalue weighted by atomic mass is 9.33. The summed E-state index contributed by atoms with van der Waals surface area (Å²) >= 11 is 0. The van der Waals surface area contributed by atoms with Gasteiger partial charge in [-0.15, -0.1) is 0 Å². The van der Waals surface area contributed by atoms with Gasteiger partial charge in [-0.3, -0.25) is 9.59 Å². The molecule has 6 heterocycles. The van der Waals surface area contributed by atoms with E-state index in [1.165, 1.54) is 6.92 Å². The molecule has 0 radical (unpaired) electrons. The number of rotatable bonds is 17. The largest absolute Gasteiger partial charge is 0.457 e. The maximum atomic E-state index is 15.6. The first-order chi connectivity index (χ1) is 45.9. The normalized spacial score (nSPS) is 54.1. The molecule has 4 saturated carbocycles. The number of hydrogen-bond donors (Lipinski definition) is 18. The molecule has 18 N–H and O–H groups in total. The summed E-state index contributed by atoms with van der Waals surface area (Å²) in [5.41, 5.74) is -6.71. The molecule has 5 aliphatic carbocycles. The second-order valence-corrected chi connectivity index (χ2v) is 31.4. The molecule has 0 amide bonds. The standard InChI is InChI=1S/C65H104O33/c1-25-45(93-52-42(80)46(31(73)21-86-52)94-57-50(83)64(85,23-69)24-88-57)48(90-26(2)70)44(82)54(89-25)96-49-37(75)30(72)20-87-56(49)98-58(84)65-14-13-59(3,4)15-28(65)27-9-10-35-60(5)16-29(71)51(61(6,22-68)34(60)11-12-62(35,7)63(27,8)17-36(65)74)97-55-43(81)47(39(77)33(19-67)92-55)95-53-41(79)40(78)38(76)32(18-66)91-53/h9,25,28-57,66-69,71-83,85H,10-24H2,1-8H3/t25-,28-,29-,30-,31+,32+,33+,34+,35+,36+,37-,38+,39+,40-,41+,42+,43+,44+,45-,46-,47-,48-,49+,50-,51-,52-,53-,54-,55-,56-,57-,60-,61-,62+,63+,64+,65+/m0/s1. The van der Waals surface area contributed by atoms with E-state index in [1.807, 2.05) is 0 Å². The van der Waals surface area contributed by atoms with E-state index in [9.17, 15) is 96.7 Å². The lowest BCUT2D eigenvalue weighted by molar-refractivity contribution is -0.375. The van der Waals surface area contributed by atoms with Crippen molar-refractivity contribution in [2.45, 2.75) is 284 Å². The molecule has 11 rings (SSSR count). The second-order valence-electron chi connectivity index (χ2n) is 31.4. The highest BCUT2D eigenvalue weighted by Gasteiger charge is 2.74. The van der Waals surface area contributed by atoms with Gasteiger partial charge in [-0.1, -0.05) is 53.2 Å². The van der Waals surface area contributed by atoms with Gasteiger partial charge in [-0.2, -0.15) is 0 Å². The van der Waals surface area contributed by atoms with Gasteiger partial charge in [0.15, 0.2) is 43.7 Å². The van der Waals surface area contributed by atoms with Crippen LogP contribution in [0.3, 0.4) is 0 Å². The molecule has 0 unspecified atom stereocenters. The Balaban J connectivity index is 0.811. The predicted molar refractivity (Wildman–Crippen MR) is 322 cm³/mol. The maximum absolute atomic E-state index is 15.6. The molecule has 37 atom stereocenters. The predicted octanol–water partition coefficient (Wildman–Crippen LogP) is -5.96. The number of allylic oxidation sites excluding steroid dienone is 2. The Kier molecular flexibility index (Phi) is 22.2. The Morgan fingerprint density at radius 1 is 0.541 bits per heavy atom. The Bertz CT molecular complexity index is 2820. The highest BCUT2D eigenvalue weighted by atomic mass is 16.8. The average molecular weight is 1410 g/mol. The van der Waals surface area contributed by atoms with Crippen molar-refractivity contribution in [1.82, 2.24) is 0 Å². The van der Waals surface area contributed by atoms with Gasteiger partial charge in [-0.05, 0) is 97.7 Å². The van der Waals surface area contributed by atoms with Crippen LogP contribution in [0.15, 0.2) is 11.6 Å². The van der Waals surface area contributed by atoms with E-state index in [1.54, 1.807) is 6.92 Å². The van der Waals surface area contributed by atoms with Crippen molar-refractivity contribution in [1.29, 1.82) is 0 Å². The van der Waals surface area contributed by atoms with Crippen LogP contribution < -0.4 is 0 Å². The van der Waals surface area contributed by atoms with Crippen LogP contribution in [0.25, 0.3) is 0 Å². The van der Waals surface area contributed by atoms with E-state index in [-0.39, 0.29) is 30.6 Å². The van der Waals surface area contributed by atoms with Crippen molar-refractivity contribution < 1.29 is 163 Å². The van der Waals surface area contributed by atoms with Crippen LogP contribution in [0.5, 0.6) is 0 Å². The van der Waals surface area contributed by atoms with Gasteiger partial charge in [0.05, 0.1) is 70.7 Å². The van der Waals surface area contributed by atoms with E-state index in [2.05, 4.69) is 40.7 Å². The third-order valence-corrected chi connectivity index (χ3v) is 24.9. The number of ether oxygens (including phenoxy) is 13. The van der Waals surface area contributed by atoms with Gasteiger partial charge in [0, 0.05) is 12.3 Å². The summed E-state index contributed by atoms with van der Waals surface area (Å²) in [6, 6.07) is 0. The molecule has 0 aromatic carbocycles. The molecule has 6 aliphatic heterocycles. The smallest absolute Gasteiger partial charge is 0.317 e. The second kappa shape index (κ2) is 28.4. The van der Waals surface area contributed by atoms with Crippen LogP contribution in [0.2, 0.25) is 0 Å². The first kappa shape index (κ1) is 76.6. The average Bonchev–Trinajstić information content (AvgIpc) is 0.708. The van der Waals surface area contributed by atoms with Gasteiger partial charge in [0.25, 0.3) is 0 Å². The fourth-order valence-electron chi connectivity index (χ4n) is 19.2. The van der Waals surface area contributed by atoms with Crippen molar-refractivity contribution in [2.24, 2.45) is 50.2 Å². The summed E-state index contributed by atoms with van der Waals surface area (Å²) in [5.74, 6) is -3.10. The molecule has 98 heavy (non-hydrogen) atoms. The molecule has 0 spiro atoms. The Morgan fingerprint density at radius 2 is 1.13 bits per heavy atom. The number of aliphatic hydroxyl groups excluding tert-OH is 17. The van der Waals surface area contributed by atoms with E-state index >= 15 is 4.79 Å². The monoisotopic (exact) mass is 1410 g/mol. The van der Waals surface area contributed by atoms with Gasteiger partial charge in [0.2, 0.25) is 6.29 Å². The summed E-state index contributed by atoms with van der Waals surface area (Å²) in [4.78, 5) is 28.4. The molecule has 562 valence electrons. The van der Waals surface area contributed by atoms with E-state index in [0.29, 0.717) is 32.1 Å². The van der Waals surface area contributed by atoms with Crippen molar-refractivity contribution in [3.05, 3.63) is 11.6 Å². The molecule has 0 aromatic heterocycles. The topological polar surface area (TPSA) is 518 Å². The van der Waals surface area contributed by atoms with Gasteiger partial charge >= 0.3 is 11.9 Å². The first-order valence-corrected chi connectivity index (χ1v) is 34.1. The van der Waals surface area contributed by atoms with E-state index in [0.717, 1.165) is 12.5 Å². The van der Waals surface area contributed by atoms with Crippen LogP contribution in [0.4, 0.5) is 0 Å². The number of fused-ring (bicyclic) bond motifs is 7. The van der Waals surface area contributed by atoms with Crippen LogP contribution in [-0.2, 0) is 71.2 Å². The number of carbonyl (C=O) groups is 2. The Labute approximate surface area is 565 Å². The first-order valence-electron chi connectivity index (χ1n) is 34.1. The highest BCUT2D eigenvalue weighted by molar-refractivity contribution is 5.80.